The monoisotopic (exact) mass is 524 g/mol. The van der Waals surface area contributed by atoms with Crippen molar-refractivity contribution in [3.8, 4) is 0 Å². The van der Waals surface area contributed by atoms with E-state index >= 15 is 0 Å². The summed E-state index contributed by atoms with van der Waals surface area (Å²) in [5.41, 5.74) is 0.629. The summed E-state index contributed by atoms with van der Waals surface area (Å²) in [6.45, 7) is 8.14. The van der Waals surface area contributed by atoms with E-state index in [4.69, 9.17) is 35.3 Å². The van der Waals surface area contributed by atoms with Crippen molar-refractivity contribution in [1.29, 1.82) is 0 Å². The summed E-state index contributed by atoms with van der Waals surface area (Å²) in [6.07, 6.45) is 2.66. The van der Waals surface area contributed by atoms with E-state index in [9.17, 15) is 9.59 Å². The van der Waals surface area contributed by atoms with Crippen LogP contribution in [0, 0.1) is 0 Å². The second kappa shape index (κ2) is 11.4. The van der Waals surface area contributed by atoms with Gasteiger partial charge in [0.05, 0.1) is 18.6 Å². The van der Waals surface area contributed by atoms with Gasteiger partial charge in [-0.25, -0.2) is 9.97 Å². The van der Waals surface area contributed by atoms with E-state index < -0.39 is 30.3 Å². The Kier molecular flexibility index (Phi) is 8.46. The lowest BCUT2D eigenvalue weighted by Gasteiger charge is -2.26. The number of carbonyl (C=O) groups excluding carboxylic acids is 2. The summed E-state index contributed by atoms with van der Waals surface area (Å²) < 4.78 is 30.9. The Balaban J connectivity index is 1.47. The van der Waals surface area contributed by atoms with E-state index in [1.807, 2.05) is 30.7 Å². The predicted molar refractivity (Wildman–Crippen MR) is 129 cm³/mol. The molecule has 0 bridgehead atoms. The first-order chi connectivity index (χ1) is 17.2. The van der Waals surface area contributed by atoms with Crippen LogP contribution in [0.4, 0.5) is 0 Å². The van der Waals surface area contributed by atoms with Gasteiger partial charge in [-0.15, -0.1) is 0 Å². The van der Waals surface area contributed by atoms with Gasteiger partial charge < -0.3 is 33.6 Å². The van der Waals surface area contributed by atoms with Crippen LogP contribution >= 0.6 is 11.6 Å². The number of nitrogens with one attached hydrogen (secondary N) is 1. The van der Waals surface area contributed by atoms with Gasteiger partial charge >= 0.3 is 11.9 Å². The van der Waals surface area contributed by atoms with Gasteiger partial charge in [-0.3, -0.25) is 9.59 Å². The number of nitrogens with zero attached hydrogens (tertiary/aromatic N) is 3. The molecular weight excluding hydrogens is 492 g/mol. The third-order valence-corrected chi connectivity index (χ3v) is 6.48. The van der Waals surface area contributed by atoms with Gasteiger partial charge in [0.2, 0.25) is 0 Å². The van der Waals surface area contributed by atoms with Crippen molar-refractivity contribution in [2.75, 3.05) is 19.8 Å². The lowest BCUT2D eigenvalue weighted by atomic mass is 10.1. The van der Waals surface area contributed by atoms with Crippen LogP contribution in [-0.4, -0.2) is 76.4 Å². The zero-order valence-corrected chi connectivity index (χ0v) is 21.7. The van der Waals surface area contributed by atoms with Gasteiger partial charge in [0.15, 0.2) is 12.0 Å². The fraction of sp³-hybridized carbons (Fsp3) is 0.667. The molecule has 2 aliphatic rings. The highest BCUT2D eigenvalue weighted by Crippen LogP contribution is 2.44. The normalized spacial score (nSPS) is 25.6. The topological polar surface area (TPSA) is 123 Å². The lowest BCUT2D eigenvalue weighted by Crippen LogP contribution is -2.45. The number of hydrogen-bond donors (Lipinski definition) is 1. The molecular formula is C24H33ClN4O7. The maximum Gasteiger partial charge on any atom is 0.323 e. The molecule has 1 unspecified atom stereocenters. The van der Waals surface area contributed by atoms with Crippen LogP contribution in [0.1, 0.15) is 53.2 Å². The molecule has 4 rings (SSSR count). The van der Waals surface area contributed by atoms with Gasteiger partial charge in [-0.1, -0.05) is 11.6 Å². The standard InChI is InChI=1S/C24H33ClN4O7/c1-5-32-17(30)9-7-8-15(23(31)33-6-2)26-12-16-18-19(36-24(3,4)35-18)22(34-16)29-11-10-14-20(25)27-13-28-21(14)29/h10-11,13,15-16,18-19,22,26H,5-9,12H2,1-4H3/t15?,16-,18-,19-,22-/m1/s1. The summed E-state index contributed by atoms with van der Waals surface area (Å²) in [5.74, 6) is -1.46. The number of fused-ring (bicyclic) bond motifs is 2. The molecule has 4 heterocycles. The van der Waals surface area contributed by atoms with Gasteiger partial charge in [0.1, 0.15) is 41.5 Å². The summed E-state index contributed by atoms with van der Waals surface area (Å²) >= 11 is 6.24. The lowest BCUT2D eigenvalue weighted by molar-refractivity contribution is -0.196. The molecule has 12 heteroatoms. The third-order valence-electron chi connectivity index (χ3n) is 6.18. The zero-order chi connectivity index (χ0) is 25.9. The van der Waals surface area contributed by atoms with Gasteiger partial charge in [0, 0.05) is 19.2 Å². The largest absolute Gasteiger partial charge is 0.466 e. The van der Waals surface area contributed by atoms with Crippen molar-refractivity contribution in [3.05, 3.63) is 23.7 Å². The second-order valence-corrected chi connectivity index (χ2v) is 9.52. The minimum atomic E-state index is -0.800. The number of esters is 2. The van der Waals surface area contributed by atoms with Crippen LogP contribution in [0.15, 0.2) is 18.6 Å². The van der Waals surface area contributed by atoms with Crippen molar-refractivity contribution in [2.24, 2.45) is 0 Å². The number of hydrogen-bond acceptors (Lipinski definition) is 10. The Morgan fingerprint density at radius 1 is 1.19 bits per heavy atom. The molecule has 36 heavy (non-hydrogen) atoms. The molecule has 0 radical (unpaired) electrons. The molecule has 0 saturated carbocycles. The van der Waals surface area contributed by atoms with E-state index in [0.29, 0.717) is 42.2 Å². The molecule has 2 saturated heterocycles. The molecule has 0 aliphatic carbocycles. The molecule has 0 aromatic carbocycles. The molecule has 2 aliphatic heterocycles. The maximum atomic E-state index is 12.6. The molecule has 1 N–H and O–H groups in total. The van der Waals surface area contributed by atoms with Crippen molar-refractivity contribution in [2.45, 2.75) is 83.3 Å². The van der Waals surface area contributed by atoms with E-state index in [2.05, 4.69) is 15.3 Å². The Bertz CT molecular complexity index is 1080. The number of aromatic nitrogens is 3. The SMILES string of the molecule is CCOC(=O)CCCC(NC[C@H]1O[C@@H](n2ccc3c(Cl)ncnc32)[C@@H]2OC(C)(C)O[C@@H]21)C(=O)OCC. The van der Waals surface area contributed by atoms with Crippen molar-refractivity contribution in [3.63, 3.8) is 0 Å². The Morgan fingerprint density at radius 3 is 2.69 bits per heavy atom. The molecule has 2 aromatic heterocycles. The molecule has 5 atom stereocenters. The van der Waals surface area contributed by atoms with Gasteiger partial charge in [-0.2, -0.15) is 0 Å². The average molecular weight is 525 g/mol. The van der Waals surface area contributed by atoms with Crippen LogP contribution in [0.2, 0.25) is 5.15 Å². The third kappa shape index (κ3) is 5.81. The molecule has 2 fully saturated rings. The van der Waals surface area contributed by atoms with Crippen LogP contribution < -0.4 is 5.32 Å². The van der Waals surface area contributed by atoms with Crippen molar-refractivity contribution < 1.29 is 33.3 Å². The first kappa shape index (κ1) is 26.7. The minimum absolute atomic E-state index is 0.231. The van der Waals surface area contributed by atoms with Crippen LogP contribution in [0.25, 0.3) is 11.0 Å². The summed E-state index contributed by atoms with van der Waals surface area (Å²) in [6, 6.07) is 1.23. The van der Waals surface area contributed by atoms with E-state index in [1.165, 1.54) is 6.33 Å². The highest BCUT2D eigenvalue weighted by Gasteiger charge is 2.56. The number of carbonyl (C=O) groups is 2. The highest BCUT2D eigenvalue weighted by molar-refractivity contribution is 6.33. The maximum absolute atomic E-state index is 12.6. The van der Waals surface area contributed by atoms with Gasteiger partial charge in [-0.05, 0) is 46.6 Å². The number of ether oxygens (including phenoxy) is 5. The van der Waals surface area contributed by atoms with E-state index in [0.717, 1.165) is 0 Å². The summed E-state index contributed by atoms with van der Waals surface area (Å²) in [4.78, 5) is 32.7. The molecule has 2 aromatic rings. The average Bonchev–Trinajstić information content (AvgIpc) is 3.48. The van der Waals surface area contributed by atoms with E-state index in [-0.39, 0.29) is 31.1 Å². The predicted octanol–water partition coefficient (Wildman–Crippen LogP) is 2.76. The van der Waals surface area contributed by atoms with E-state index in [1.54, 1.807) is 13.8 Å². The summed E-state index contributed by atoms with van der Waals surface area (Å²) in [7, 11) is 0. The fourth-order valence-electron chi connectivity index (χ4n) is 4.68. The Labute approximate surface area is 214 Å². The first-order valence-corrected chi connectivity index (χ1v) is 12.7. The van der Waals surface area contributed by atoms with Crippen molar-refractivity contribution in [1.82, 2.24) is 19.9 Å². The van der Waals surface area contributed by atoms with Crippen LogP contribution in [-0.2, 0) is 33.3 Å². The molecule has 0 amide bonds. The quantitative estimate of drug-likeness (QED) is 0.346. The molecule has 11 nitrogen and oxygen atoms in total. The van der Waals surface area contributed by atoms with Crippen LogP contribution in [0.5, 0.6) is 0 Å². The fourth-order valence-corrected chi connectivity index (χ4v) is 4.87. The molecule has 0 spiro atoms. The minimum Gasteiger partial charge on any atom is -0.466 e. The Hall–Kier alpha value is -2.31. The number of halogens is 1. The van der Waals surface area contributed by atoms with Crippen LogP contribution in [0.3, 0.4) is 0 Å². The zero-order valence-electron chi connectivity index (χ0n) is 20.9. The molecule has 198 valence electrons. The Morgan fingerprint density at radius 2 is 1.94 bits per heavy atom. The first-order valence-electron chi connectivity index (χ1n) is 12.3. The highest BCUT2D eigenvalue weighted by atomic mass is 35.5. The van der Waals surface area contributed by atoms with Gasteiger partial charge in [0.25, 0.3) is 0 Å². The number of rotatable bonds is 11. The summed E-state index contributed by atoms with van der Waals surface area (Å²) in [5, 5.41) is 4.33. The van der Waals surface area contributed by atoms with Crippen molar-refractivity contribution >= 4 is 34.6 Å². The second-order valence-electron chi connectivity index (χ2n) is 9.16. The smallest absolute Gasteiger partial charge is 0.323 e.